The Bertz CT molecular complexity index is 1240. The van der Waals surface area contributed by atoms with Crippen LogP contribution in [-0.4, -0.2) is 55.0 Å². The molecule has 3 fully saturated rings. The number of carbonyl (C=O) groups is 1. The van der Waals surface area contributed by atoms with Crippen LogP contribution in [-0.2, 0) is 11.2 Å². The maximum absolute atomic E-state index is 13.3. The molecule has 6 nitrogen and oxygen atoms in total. The zero-order valence-electron chi connectivity index (χ0n) is 22.5. The van der Waals surface area contributed by atoms with Crippen molar-refractivity contribution in [1.29, 1.82) is 0 Å². The smallest absolute Gasteiger partial charge is 0.224 e. The molecule has 0 bridgehead atoms. The molecule has 198 valence electrons. The minimum Gasteiger partial charge on any atom is -0.352 e. The van der Waals surface area contributed by atoms with E-state index in [9.17, 15) is 9.18 Å². The number of piperidine rings is 1. The first-order valence-corrected chi connectivity index (χ1v) is 14.5. The standard InChI is InChI=1S/C29H38FN5OS/c1-17(2)27-33-32-19(4)35(27)24-15-23-29(24)16-25(29)34(23)13-11-22(28(5)12-10-18(3)37-28)31-26(36)14-20-6-8-21(30)9-7-20/h6-10,17,22-25H,11-16H2,1-5H3,(H,31,36)/t22-,23?,24?,25?,28?,29?/m0/s1. The van der Waals surface area contributed by atoms with Gasteiger partial charge in [-0.15, -0.1) is 22.0 Å². The van der Waals surface area contributed by atoms with Gasteiger partial charge in [0.25, 0.3) is 0 Å². The van der Waals surface area contributed by atoms with Crippen LogP contribution in [0.3, 0.4) is 0 Å². The van der Waals surface area contributed by atoms with Gasteiger partial charge in [-0.25, -0.2) is 4.39 Å². The molecule has 1 amide bonds. The number of likely N-dealkylation sites (tertiary alicyclic amines) is 1. The second kappa shape index (κ2) is 8.94. The van der Waals surface area contributed by atoms with Crippen LogP contribution >= 0.6 is 11.8 Å². The predicted molar refractivity (Wildman–Crippen MR) is 145 cm³/mol. The highest BCUT2D eigenvalue weighted by molar-refractivity contribution is 8.04. The predicted octanol–water partition coefficient (Wildman–Crippen LogP) is 5.15. The molecule has 6 atom stereocenters. The van der Waals surface area contributed by atoms with E-state index in [0.29, 0.717) is 29.5 Å². The van der Waals surface area contributed by atoms with Crippen LogP contribution in [0.25, 0.3) is 0 Å². The zero-order chi connectivity index (χ0) is 26.1. The van der Waals surface area contributed by atoms with E-state index in [1.807, 2.05) is 11.8 Å². The minimum atomic E-state index is -0.276. The third-order valence-corrected chi connectivity index (χ3v) is 10.8. The lowest BCUT2D eigenvalue weighted by atomic mass is 9.64. The molecule has 4 aliphatic rings. The summed E-state index contributed by atoms with van der Waals surface area (Å²) < 4.78 is 15.7. The van der Waals surface area contributed by atoms with E-state index < -0.39 is 0 Å². The van der Waals surface area contributed by atoms with Gasteiger partial charge in [-0.1, -0.05) is 32.1 Å². The number of nitrogens with zero attached hydrogens (tertiary/aromatic N) is 4. The largest absolute Gasteiger partial charge is 0.352 e. The molecule has 1 aromatic heterocycles. The average molecular weight is 524 g/mol. The van der Waals surface area contributed by atoms with Gasteiger partial charge in [-0.05, 0) is 69.1 Å². The van der Waals surface area contributed by atoms with Gasteiger partial charge in [-0.2, -0.15) is 0 Å². The molecule has 1 spiro atoms. The second-order valence-corrected chi connectivity index (χ2v) is 13.9. The first-order chi connectivity index (χ1) is 17.6. The highest BCUT2D eigenvalue weighted by Crippen LogP contribution is 2.78. The molecule has 3 heterocycles. The molecule has 2 saturated carbocycles. The third-order valence-electron chi connectivity index (χ3n) is 9.43. The average Bonchev–Trinajstić information content (AvgIpc) is 3.31. The minimum absolute atomic E-state index is 0.0142. The molecule has 0 radical (unpaired) electrons. The molecule has 5 unspecified atom stereocenters. The highest BCUT2D eigenvalue weighted by atomic mass is 32.2. The Balaban J connectivity index is 1.10. The van der Waals surface area contributed by atoms with Gasteiger partial charge in [-0.3, -0.25) is 9.69 Å². The number of carbonyl (C=O) groups excluding carboxylic acids is 1. The van der Waals surface area contributed by atoms with Crippen molar-refractivity contribution in [2.45, 2.75) is 102 Å². The van der Waals surface area contributed by atoms with E-state index in [0.717, 1.165) is 36.6 Å². The maximum Gasteiger partial charge on any atom is 0.224 e. The van der Waals surface area contributed by atoms with E-state index in [-0.39, 0.29) is 28.9 Å². The summed E-state index contributed by atoms with van der Waals surface area (Å²) in [6.45, 7) is 12.0. The lowest BCUT2D eigenvalue weighted by Crippen LogP contribution is -2.67. The van der Waals surface area contributed by atoms with Crippen LogP contribution < -0.4 is 5.32 Å². The maximum atomic E-state index is 13.3. The lowest BCUT2D eigenvalue weighted by Gasteiger charge is -2.61. The summed E-state index contributed by atoms with van der Waals surface area (Å²) in [6.07, 6.45) is 6.92. The Kier molecular flexibility index (Phi) is 6.07. The van der Waals surface area contributed by atoms with Crippen molar-refractivity contribution >= 4 is 17.7 Å². The first kappa shape index (κ1) is 25.1. The number of amides is 1. The summed E-state index contributed by atoms with van der Waals surface area (Å²) in [6, 6.07) is 8.15. The molecule has 1 aromatic carbocycles. The normalized spacial score (nSPS) is 32.7. The highest BCUT2D eigenvalue weighted by Gasteiger charge is 2.82. The van der Waals surface area contributed by atoms with Gasteiger partial charge in [0, 0.05) is 46.8 Å². The van der Waals surface area contributed by atoms with Gasteiger partial charge in [0.2, 0.25) is 5.91 Å². The lowest BCUT2D eigenvalue weighted by molar-refractivity contribution is -0.122. The van der Waals surface area contributed by atoms with Gasteiger partial charge < -0.3 is 9.88 Å². The number of aryl methyl sites for hydroxylation is 1. The van der Waals surface area contributed by atoms with Crippen molar-refractivity contribution < 1.29 is 9.18 Å². The van der Waals surface area contributed by atoms with Crippen molar-refractivity contribution in [3.8, 4) is 0 Å². The fourth-order valence-corrected chi connectivity index (χ4v) is 8.77. The first-order valence-electron chi connectivity index (χ1n) is 13.7. The molecule has 2 aliphatic heterocycles. The summed E-state index contributed by atoms with van der Waals surface area (Å²) >= 11 is 1.89. The number of thioether (sulfide) groups is 1. The van der Waals surface area contributed by atoms with Crippen LogP contribution in [0.15, 0.2) is 35.2 Å². The third kappa shape index (κ3) is 4.06. The number of hydrogen-bond acceptors (Lipinski definition) is 5. The van der Waals surface area contributed by atoms with Gasteiger partial charge in [0.1, 0.15) is 17.5 Å². The molecule has 8 heteroatoms. The van der Waals surface area contributed by atoms with Crippen LogP contribution in [0.5, 0.6) is 0 Å². The van der Waals surface area contributed by atoms with E-state index >= 15 is 0 Å². The number of halogens is 1. The van der Waals surface area contributed by atoms with Crippen LogP contribution in [0.4, 0.5) is 4.39 Å². The molecule has 2 aliphatic carbocycles. The number of rotatable bonds is 9. The molecular weight excluding hydrogens is 485 g/mol. The summed E-state index contributed by atoms with van der Waals surface area (Å²) in [7, 11) is 0. The number of hydrogen-bond donors (Lipinski definition) is 1. The van der Waals surface area contributed by atoms with E-state index in [2.05, 4.69) is 65.7 Å². The number of nitrogens with one attached hydrogen (secondary N) is 1. The van der Waals surface area contributed by atoms with Crippen molar-refractivity contribution in [1.82, 2.24) is 25.0 Å². The Morgan fingerprint density at radius 2 is 1.95 bits per heavy atom. The summed E-state index contributed by atoms with van der Waals surface area (Å²) in [4.78, 5) is 17.1. The fourth-order valence-electron chi connectivity index (χ4n) is 7.38. The second-order valence-electron chi connectivity index (χ2n) is 12.1. The monoisotopic (exact) mass is 523 g/mol. The SMILES string of the molecule is CC1=CCC(C)([C@H](CCN2C3CC(n4c(C)nnc4C(C)C)C34CC24)NC(=O)Cc2ccc(F)cc2)S1. The molecule has 2 aromatic rings. The van der Waals surface area contributed by atoms with Crippen molar-refractivity contribution in [2.75, 3.05) is 6.54 Å². The summed E-state index contributed by atoms with van der Waals surface area (Å²) in [5.74, 6) is 2.29. The van der Waals surface area contributed by atoms with Gasteiger partial charge >= 0.3 is 0 Å². The van der Waals surface area contributed by atoms with E-state index in [1.54, 1.807) is 12.1 Å². The molecular formula is C29H38FN5OS. The Morgan fingerprint density at radius 3 is 2.59 bits per heavy atom. The zero-order valence-corrected chi connectivity index (χ0v) is 23.3. The number of aromatic nitrogens is 3. The van der Waals surface area contributed by atoms with Gasteiger partial charge in [0.05, 0.1) is 6.42 Å². The van der Waals surface area contributed by atoms with Crippen LogP contribution in [0.1, 0.15) is 82.6 Å². The number of benzene rings is 1. The Morgan fingerprint density at radius 1 is 1.19 bits per heavy atom. The topological polar surface area (TPSA) is 63.1 Å². The van der Waals surface area contributed by atoms with Crippen LogP contribution in [0.2, 0.25) is 0 Å². The fraction of sp³-hybridized carbons (Fsp3) is 0.621. The van der Waals surface area contributed by atoms with E-state index in [4.69, 9.17) is 0 Å². The summed E-state index contributed by atoms with van der Waals surface area (Å²) in [5, 5.41) is 12.3. The molecule has 1 N–H and O–H groups in total. The summed E-state index contributed by atoms with van der Waals surface area (Å²) in [5.41, 5.74) is 1.26. The quantitative estimate of drug-likeness (QED) is 0.492. The van der Waals surface area contributed by atoms with E-state index in [1.165, 1.54) is 29.9 Å². The molecule has 6 rings (SSSR count). The number of allylic oxidation sites excluding steroid dienone is 2. The van der Waals surface area contributed by atoms with Gasteiger partial charge in [0.15, 0.2) is 0 Å². The Hall–Kier alpha value is -2.19. The van der Waals surface area contributed by atoms with Crippen molar-refractivity contribution in [2.24, 2.45) is 5.41 Å². The molecule has 1 saturated heterocycles. The Labute approximate surface area is 223 Å². The van der Waals surface area contributed by atoms with Crippen molar-refractivity contribution in [3.05, 3.63) is 58.3 Å². The molecule has 37 heavy (non-hydrogen) atoms. The van der Waals surface area contributed by atoms with Crippen molar-refractivity contribution in [3.63, 3.8) is 0 Å². The van der Waals surface area contributed by atoms with Crippen LogP contribution in [0, 0.1) is 18.2 Å².